The molecule has 1 aliphatic rings. The molecule has 1 saturated heterocycles. The third-order valence-corrected chi connectivity index (χ3v) is 3.72. The summed E-state index contributed by atoms with van der Waals surface area (Å²) in [6.07, 6.45) is 1.51. The number of piperazine rings is 1. The number of hydrogen-bond donors (Lipinski definition) is 0. The monoisotopic (exact) mass is 317 g/mol. The van der Waals surface area contributed by atoms with Crippen LogP contribution in [0.1, 0.15) is 26.5 Å². The lowest BCUT2D eigenvalue weighted by atomic mass is 10.2. The zero-order chi connectivity index (χ0) is 16.6. The first-order valence-electron chi connectivity index (χ1n) is 7.88. The molecule has 0 bridgehead atoms. The molecule has 0 N–H and O–H groups in total. The summed E-state index contributed by atoms with van der Waals surface area (Å²) in [7, 11) is 0. The average Bonchev–Trinajstić information content (AvgIpc) is 2.93. The van der Waals surface area contributed by atoms with E-state index in [1.165, 1.54) is 0 Å². The van der Waals surface area contributed by atoms with Gasteiger partial charge in [0.15, 0.2) is 5.65 Å². The number of carbonyl (C=O) groups excluding carboxylic acids is 1. The van der Waals surface area contributed by atoms with Crippen LogP contribution in [-0.2, 0) is 4.74 Å². The molecule has 0 atom stereocenters. The number of aromatic nitrogens is 3. The molecule has 2 aromatic rings. The number of anilines is 1. The van der Waals surface area contributed by atoms with Crippen LogP contribution < -0.4 is 4.90 Å². The van der Waals surface area contributed by atoms with E-state index in [9.17, 15) is 4.79 Å². The van der Waals surface area contributed by atoms with E-state index in [0.29, 0.717) is 13.1 Å². The van der Waals surface area contributed by atoms with Crippen molar-refractivity contribution in [2.75, 3.05) is 31.1 Å². The summed E-state index contributed by atoms with van der Waals surface area (Å²) in [5, 5.41) is 4.34. The Morgan fingerprint density at radius 2 is 1.91 bits per heavy atom. The van der Waals surface area contributed by atoms with Crippen molar-refractivity contribution in [3.8, 4) is 0 Å². The van der Waals surface area contributed by atoms with Crippen molar-refractivity contribution in [3.05, 3.63) is 24.0 Å². The molecule has 0 spiro atoms. The Kier molecular flexibility index (Phi) is 3.87. The molecule has 3 rings (SSSR count). The number of rotatable bonds is 1. The average molecular weight is 317 g/mol. The number of hydrogen-bond acceptors (Lipinski definition) is 5. The maximum Gasteiger partial charge on any atom is 0.410 e. The van der Waals surface area contributed by atoms with Crippen molar-refractivity contribution >= 4 is 17.6 Å². The molecule has 1 fully saturated rings. The molecular weight excluding hydrogens is 294 g/mol. The highest BCUT2D eigenvalue weighted by molar-refractivity contribution is 5.68. The molecule has 2 aromatic heterocycles. The molecule has 0 unspecified atom stereocenters. The van der Waals surface area contributed by atoms with Crippen LogP contribution in [0.4, 0.5) is 10.6 Å². The fourth-order valence-electron chi connectivity index (χ4n) is 2.69. The summed E-state index contributed by atoms with van der Waals surface area (Å²) in [5.74, 6) is 1.02. The van der Waals surface area contributed by atoms with Crippen LogP contribution in [0.2, 0.25) is 0 Å². The molecular formula is C16H23N5O2. The number of fused-ring (bicyclic) bond motifs is 1. The Bertz CT molecular complexity index is 711. The number of amides is 1. The lowest BCUT2D eigenvalue weighted by Gasteiger charge is -2.36. The second-order valence-electron chi connectivity index (χ2n) is 6.81. The van der Waals surface area contributed by atoms with Crippen LogP contribution in [0.3, 0.4) is 0 Å². The van der Waals surface area contributed by atoms with Gasteiger partial charge in [-0.3, -0.25) is 0 Å². The summed E-state index contributed by atoms with van der Waals surface area (Å²) >= 11 is 0. The molecule has 3 heterocycles. The lowest BCUT2D eigenvalue weighted by Crippen LogP contribution is -2.50. The SMILES string of the molecule is Cc1cc(N2CCN(C(=O)OC(C)(C)C)CC2)n2nccc2n1. The second-order valence-corrected chi connectivity index (χ2v) is 6.81. The Hall–Kier alpha value is -2.31. The minimum Gasteiger partial charge on any atom is -0.444 e. The predicted octanol–water partition coefficient (Wildman–Crippen LogP) is 2.09. The normalized spacial score (nSPS) is 16.0. The zero-order valence-electron chi connectivity index (χ0n) is 14.1. The second kappa shape index (κ2) is 5.72. The van der Waals surface area contributed by atoms with Gasteiger partial charge < -0.3 is 14.5 Å². The van der Waals surface area contributed by atoms with Gasteiger partial charge in [0.2, 0.25) is 0 Å². The van der Waals surface area contributed by atoms with E-state index < -0.39 is 5.60 Å². The Labute approximate surface area is 135 Å². The van der Waals surface area contributed by atoms with E-state index in [0.717, 1.165) is 30.2 Å². The Morgan fingerprint density at radius 1 is 1.22 bits per heavy atom. The maximum atomic E-state index is 12.1. The van der Waals surface area contributed by atoms with E-state index in [4.69, 9.17) is 4.74 Å². The number of ether oxygens (including phenoxy) is 1. The van der Waals surface area contributed by atoms with Gasteiger partial charge >= 0.3 is 6.09 Å². The topological polar surface area (TPSA) is 63.0 Å². The van der Waals surface area contributed by atoms with Gasteiger partial charge in [0.25, 0.3) is 0 Å². The maximum absolute atomic E-state index is 12.1. The molecule has 1 aliphatic heterocycles. The van der Waals surface area contributed by atoms with Gasteiger partial charge in [-0.05, 0) is 27.7 Å². The quantitative estimate of drug-likeness (QED) is 0.806. The number of nitrogens with zero attached hydrogens (tertiary/aromatic N) is 5. The van der Waals surface area contributed by atoms with Crippen LogP contribution in [0, 0.1) is 6.92 Å². The summed E-state index contributed by atoms with van der Waals surface area (Å²) in [5.41, 5.74) is 1.34. The van der Waals surface area contributed by atoms with Crippen molar-refractivity contribution < 1.29 is 9.53 Å². The van der Waals surface area contributed by atoms with Crippen molar-refractivity contribution in [2.45, 2.75) is 33.3 Å². The van der Waals surface area contributed by atoms with Gasteiger partial charge in [-0.2, -0.15) is 9.61 Å². The molecule has 124 valence electrons. The minimum atomic E-state index is -0.461. The van der Waals surface area contributed by atoms with Crippen LogP contribution in [0.25, 0.3) is 5.65 Å². The fraction of sp³-hybridized carbons (Fsp3) is 0.562. The van der Waals surface area contributed by atoms with E-state index >= 15 is 0 Å². The molecule has 0 aliphatic carbocycles. The summed E-state index contributed by atoms with van der Waals surface area (Å²) in [6, 6.07) is 3.93. The predicted molar refractivity (Wildman–Crippen MR) is 87.7 cm³/mol. The van der Waals surface area contributed by atoms with Gasteiger partial charge in [0.1, 0.15) is 11.4 Å². The first kappa shape index (κ1) is 15.6. The van der Waals surface area contributed by atoms with Gasteiger partial charge in [-0.15, -0.1) is 0 Å². The van der Waals surface area contributed by atoms with E-state index in [1.54, 1.807) is 11.1 Å². The highest BCUT2D eigenvalue weighted by Crippen LogP contribution is 2.19. The highest BCUT2D eigenvalue weighted by Gasteiger charge is 2.26. The molecule has 7 nitrogen and oxygen atoms in total. The first-order valence-corrected chi connectivity index (χ1v) is 7.88. The molecule has 0 saturated carbocycles. The largest absolute Gasteiger partial charge is 0.444 e. The lowest BCUT2D eigenvalue weighted by molar-refractivity contribution is 0.0240. The molecule has 1 amide bonds. The van der Waals surface area contributed by atoms with E-state index in [2.05, 4.69) is 15.0 Å². The molecule has 23 heavy (non-hydrogen) atoms. The standard InChI is InChI=1S/C16H23N5O2/c1-12-11-14(21-13(18-12)5-6-17-21)19-7-9-20(10-8-19)15(22)23-16(2,3)4/h5-6,11H,7-10H2,1-4H3. The van der Waals surface area contributed by atoms with Crippen LogP contribution >= 0.6 is 0 Å². The van der Waals surface area contributed by atoms with Crippen molar-refractivity contribution in [1.29, 1.82) is 0 Å². The van der Waals surface area contributed by atoms with Crippen molar-refractivity contribution in [2.24, 2.45) is 0 Å². The third-order valence-electron chi connectivity index (χ3n) is 3.72. The Morgan fingerprint density at radius 3 is 2.57 bits per heavy atom. The highest BCUT2D eigenvalue weighted by atomic mass is 16.6. The molecule has 0 radical (unpaired) electrons. The van der Waals surface area contributed by atoms with Gasteiger partial charge in [0, 0.05) is 44.0 Å². The third kappa shape index (κ3) is 3.38. The summed E-state index contributed by atoms with van der Waals surface area (Å²) in [6.45, 7) is 10.4. The fourth-order valence-corrected chi connectivity index (χ4v) is 2.69. The summed E-state index contributed by atoms with van der Waals surface area (Å²) in [4.78, 5) is 20.6. The zero-order valence-corrected chi connectivity index (χ0v) is 14.1. The number of carbonyl (C=O) groups is 1. The van der Waals surface area contributed by atoms with Crippen LogP contribution in [-0.4, -0.2) is 57.4 Å². The minimum absolute atomic E-state index is 0.243. The first-order chi connectivity index (χ1) is 10.8. The molecule has 0 aromatic carbocycles. The van der Waals surface area contributed by atoms with E-state index in [1.807, 2.05) is 44.3 Å². The van der Waals surface area contributed by atoms with Gasteiger partial charge in [0.05, 0.1) is 6.20 Å². The summed E-state index contributed by atoms with van der Waals surface area (Å²) < 4.78 is 7.28. The van der Waals surface area contributed by atoms with Crippen molar-refractivity contribution in [3.63, 3.8) is 0 Å². The van der Waals surface area contributed by atoms with Crippen molar-refractivity contribution in [1.82, 2.24) is 19.5 Å². The molecule has 7 heteroatoms. The Balaban J connectivity index is 1.71. The van der Waals surface area contributed by atoms with Crippen LogP contribution in [0.15, 0.2) is 18.3 Å². The smallest absolute Gasteiger partial charge is 0.410 e. The van der Waals surface area contributed by atoms with Gasteiger partial charge in [-0.25, -0.2) is 9.78 Å². The number of aryl methyl sites for hydroxylation is 1. The van der Waals surface area contributed by atoms with Gasteiger partial charge in [-0.1, -0.05) is 0 Å². The van der Waals surface area contributed by atoms with Crippen LogP contribution in [0.5, 0.6) is 0 Å². The van der Waals surface area contributed by atoms with E-state index in [-0.39, 0.29) is 6.09 Å².